The number of rotatable bonds is 4. The van der Waals surface area contributed by atoms with Crippen LogP contribution in [-0.4, -0.2) is 10.4 Å². The Morgan fingerprint density at radius 2 is 2.20 bits per heavy atom. The molecule has 1 atom stereocenters. The number of nitrogens with zero attached hydrogens (tertiary/aromatic N) is 1. The lowest BCUT2D eigenvalue weighted by atomic mass is 10.0. The van der Waals surface area contributed by atoms with Crippen LogP contribution in [0.2, 0.25) is 0 Å². The zero-order chi connectivity index (χ0) is 11.4. The van der Waals surface area contributed by atoms with Gasteiger partial charge in [-0.3, -0.25) is 9.59 Å². The van der Waals surface area contributed by atoms with Crippen LogP contribution in [0.5, 0.6) is 0 Å². The number of ketones is 1. The summed E-state index contributed by atoms with van der Waals surface area (Å²) < 4.78 is 2.23. The quantitative estimate of drug-likeness (QED) is 0.843. The third kappa shape index (κ3) is 3.30. The van der Waals surface area contributed by atoms with Gasteiger partial charge in [0.25, 0.3) is 5.56 Å². The monoisotopic (exact) mass is 271 g/mol. The Hall–Kier alpha value is -0.900. The SMILES string of the molecule is CCC(C)C(=O)Cn1cc(Br)ccc1=O. The molecule has 1 unspecified atom stereocenters. The molecule has 0 bridgehead atoms. The van der Waals surface area contributed by atoms with E-state index in [4.69, 9.17) is 0 Å². The highest BCUT2D eigenvalue weighted by Gasteiger charge is 2.11. The van der Waals surface area contributed by atoms with Crippen molar-refractivity contribution in [3.05, 3.63) is 33.2 Å². The van der Waals surface area contributed by atoms with Gasteiger partial charge in [-0.05, 0) is 28.4 Å². The minimum Gasteiger partial charge on any atom is -0.307 e. The van der Waals surface area contributed by atoms with Crippen LogP contribution in [0.3, 0.4) is 0 Å². The van der Waals surface area contributed by atoms with E-state index in [0.717, 1.165) is 10.9 Å². The summed E-state index contributed by atoms with van der Waals surface area (Å²) in [6.07, 6.45) is 2.45. The standard InChI is InChI=1S/C11H14BrNO2/c1-3-8(2)10(14)7-13-6-9(12)4-5-11(13)15/h4-6,8H,3,7H2,1-2H3. The van der Waals surface area contributed by atoms with E-state index in [0.29, 0.717) is 0 Å². The third-order valence-electron chi connectivity index (χ3n) is 2.44. The van der Waals surface area contributed by atoms with E-state index >= 15 is 0 Å². The van der Waals surface area contributed by atoms with Gasteiger partial charge in [0.2, 0.25) is 0 Å². The molecule has 0 saturated heterocycles. The van der Waals surface area contributed by atoms with Gasteiger partial charge in [0.05, 0.1) is 6.54 Å². The van der Waals surface area contributed by atoms with Gasteiger partial charge in [0, 0.05) is 22.7 Å². The first kappa shape index (κ1) is 12.2. The molecular weight excluding hydrogens is 258 g/mol. The van der Waals surface area contributed by atoms with Crippen molar-refractivity contribution in [1.29, 1.82) is 0 Å². The Balaban J connectivity index is 2.85. The minimum absolute atomic E-state index is 0.0101. The fraction of sp³-hybridized carbons (Fsp3) is 0.455. The fourth-order valence-electron chi connectivity index (χ4n) is 1.18. The second kappa shape index (κ2) is 5.26. The summed E-state index contributed by atoms with van der Waals surface area (Å²) in [4.78, 5) is 23.0. The highest BCUT2D eigenvalue weighted by molar-refractivity contribution is 9.10. The van der Waals surface area contributed by atoms with Crippen LogP contribution in [0.4, 0.5) is 0 Å². The van der Waals surface area contributed by atoms with Crippen molar-refractivity contribution in [2.75, 3.05) is 0 Å². The average molecular weight is 272 g/mol. The molecule has 0 spiro atoms. The summed E-state index contributed by atoms with van der Waals surface area (Å²) in [5, 5.41) is 0. The molecule has 0 aliphatic rings. The summed E-state index contributed by atoms with van der Waals surface area (Å²) in [6.45, 7) is 4.00. The van der Waals surface area contributed by atoms with E-state index in [1.807, 2.05) is 13.8 Å². The molecule has 0 radical (unpaired) electrons. The molecule has 82 valence electrons. The Bertz CT molecular complexity index is 411. The molecule has 15 heavy (non-hydrogen) atoms. The molecule has 0 aromatic carbocycles. The molecule has 1 aromatic heterocycles. The minimum atomic E-state index is -0.144. The number of aromatic nitrogens is 1. The number of pyridine rings is 1. The maximum atomic E-state index is 11.6. The predicted octanol–water partition coefficient (Wildman–Crippen LogP) is 2.23. The second-order valence-electron chi connectivity index (χ2n) is 3.59. The molecule has 0 aliphatic heterocycles. The molecule has 0 amide bonds. The van der Waals surface area contributed by atoms with E-state index in [1.54, 1.807) is 12.3 Å². The van der Waals surface area contributed by atoms with E-state index < -0.39 is 0 Å². The fourth-order valence-corrected chi connectivity index (χ4v) is 1.56. The van der Waals surface area contributed by atoms with Crippen molar-refractivity contribution >= 4 is 21.7 Å². The summed E-state index contributed by atoms with van der Waals surface area (Å²) in [6, 6.07) is 3.13. The maximum Gasteiger partial charge on any atom is 0.250 e. The van der Waals surface area contributed by atoms with Crippen LogP contribution in [0.15, 0.2) is 27.6 Å². The van der Waals surface area contributed by atoms with Crippen molar-refractivity contribution in [2.45, 2.75) is 26.8 Å². The number of carbonyl (C=O) groups is 1. The highest BCUT2D eigenvalue weighted by atomic mass is 79.9. The molecular formula is C11H14BrNO2. The normalized spacial score (nSPS) is 12.5. The van der Waals surface area contributed by atoms with E-state index in [9.17, 15) is 9.59 Å². The third-order valence-corrected chi connectivity index (χ3v) is 2.90. The predicted molar refractivity (Wildman–Crippen MR) is 62.9 cm³/mol. The van der Waals surface area contributed by atoms with Gasteiger partial charge < -0.3 is 4.57 Å². The van der Waals surface area contributed by atoms with Gasteiger partial charge in [0.15, 0.2) is 5.78 Å². The van der Waals surface area contributed by atoms with Crippen LogP contribution in [0.25, 0.3) is 0 Å². The van der Waals surface area contributed by atoms with Gasteiger partial charge in [-0.1, -0.05) is 13.8 Å². The highest BCUT2D eigenvalue weighted by Crippen LogP contribution is 2.07. The number of Topliss-reactive ketones (excluding diaryl/α,β-unsaturated/α-hetero) is 1. The molecule has 1 rings (SSSR count). The first-order valence-electron chi connectivity index (χ1n) is 4.93. The Morgan fingerprint density at radius 1 is 1.53 bits per heavy atom. The summed E-state index contributed by atoms with van der Waals surface area (Å²) >= 11 is 3.27. The first-order chi connectivity index (χ1) is 7.04. The average Bonchev–Trinajstić information content (AvgIpc) is 2.22. The van der Waals surface area contributed by atoms with Gasteiger partial charge in [-0.15, -0.1) is 0 Å². The molecule has 1 heterocycles. The number of hydrogen-bond acceptors (Lipinski definition) is 2. The maximum absolute atomic E-state index is 11.6. The summed E-state index contributed by atoms with van der Waals surface area (Å²) in [5.41, 5.74) is -0.144. The zero-order valence-electron chi connectivity index (χ0n) is 8.87. The van der Waals surface area contributed by atoms with Crippen LogP contribution in [0, 0.1) is 5.92 Å². The Kier molecular flexibility index (Phi) is 4.27. The van der Waals surface area contributed by atoms with E-state index in [-0.39, 0.29) is 23.8 Å². The van der Waals surface area contributed by atoms with Crippen LogP contribution < -0.4 is 5.56 Å². The van der Waals surface area contributed by atoms with Crippen molar-refractivity contribution < 1.29 is 4.79 Å². The smallest absolute Gasteiger partial charge is 0.250 e. The molecule has 1 aromatic rings. The molecule has 3 nitrogen and oxygen atoms in total. The van der Waals surface area contributed by atoms with Crippen molar-refractivity contribution in [1.82, 2.24) is 4.57 Å². The van der Waals surface area contributed by atoms with Gasteiger partial charge in [-0.2, -0.15) is 0 Å². The van der Waals surface area contributed by atoms with Crippen molar-refractivity contribution in [3.63, 3.8) is 0 Å². The number of hydrogen-bond donors (Lipinski definition) is 0. The number of halogens is 1. The van der Waals surface area contributed by atoms with Gasteiger partial charge in [0.1, 0.15) is 0 Å². The molecule has 4 heteroatoms. The van der Waals surface area contributed by atoms with Crippen LogP contribution in [-0.2, 0) is 11.3 Å². The van der Waals surface area contributed by atoms with Gasteiger partial charge in [-0.25, -0.2) is 0 Å². The molecule has 0 N–H and O–H groups in total. The zero-order valence-corrected chi connectivity index (χ0v) is 10.5. The lowest BCUT2D eigenvalue weighted by Gasteiger charge is -2.09. The first-order valence-corrected chi connectivity index (χ1v) is 5.72. The number of carbonyl (C=O) groups excluding carboxylic acids is 1. The topological polar surface area (TPSA) is 39.1 Å². The largest absolute Gasteiger partial charge is 0.307 e. The van der Waals surface area contributed by atoms with Crippen molar-refractivity contribution in [3.8, 4) is 0 Å². The van der Waals surface area contributed by atoms with E-state index in [1.165, 1.54) is 10.6 Å². The molecule has 0 saturated carbocycles. The Morgan fingerprint density at radius 3 is 2.80 bits per heavy atom. The second-order valence-corrected chi connectivity index (χ2v) is 4.50. The van der Waals surface area contributed by atoms with E-state index in [2.05, 4.69) is 15.9 Å². The lowest BCUT2D eigenvalue weighted by molar-refractivity contribution is -0.123. The van der Waals surface area contributed by atoms with Crippen LogP contribution >= 0.6 is 15.9 Å². The molecule has 0 fully saturated rings. The Labute approximate surface area is 97.2 Å². The van der Waals surface area contributed by atoms with Gasteiger partial charge >= 0.3 is 0 Å². The summed E-state index contributed by atoms with van der Waals surface area (Å²) in [5.74, 6) is 0.105. The summed E-state index contributed by atoms with van der Waals surface area (Å²) in [7, 11) is 0. The van der Waals surface area contributed by atoms with Crippen LogP contribution in [0.1, 0.15) is 20.3 Å². The van der Waals surface area contributed by atoms with Crippen molar-refractivity contribution in [2.24, 2.45) is 5.92 Å². The lowest BCUT2D eigenvalue weighted by Crippen LogP contribution is -2.25. The molecule has 0 aliphatic carbocycles.